The molecule has 7 heteroatoms. The first-order valence-corrected chi connectivity index (χ1v) is 6.96. The van der Waals surface area contributed by atoms with Gasteiger partial charge in [-0.25, -0.2) is 4.79 Å². The van der Waals surface area contributed by atoms with Crippen molar-refractivity contribution in [3.63, 3.8) is 0 Å². The fourth-order valence-electron chi connectivity index (χ4n) is 2.67. The van der Waals surface area contributed by atoms with Crippen LogP contribution in [0.2, 0.25) is 0 Å². The van der Waals surface area contributed by atoms with Crippen LogP contribution in [0, 0.1) is 16.0 Å². The van der Waals surface area contributed by atoms with Gasteiger partial charge in [-0.2, -0.15) is 0 Å². The molecule has 0 spiro atoms. The summed E-state index contributed by atoms with van der Waals surface area (Å²) >= 11 is 0. The summed E-state index contributed by atoms with van der Waals surface area (Å²) in [7, 11) is 0. The Morgan fingerprint density at radius 2 is 2.33 bits per heavy atom. The Kier molecular flexibility index (Phi) is 4.74. The van der Waals surface area contributed by atoms with Gasteiger partial charge in [0.15, 0.2) is 0 Å². The molecule has 0 aromatic heterocycles. The highest BCUT2D eigenvalue weighted by atomic mass is 16.6. The lowest BCUT2D eigenvalue weighted by Crippen LogP contribution is -2.51. The van der Waals surface area contributed by atoms with Crippen LogP contribution in [0.5, 0.6) is 0 Å². The van der Waals surface area contributed by atoms with Crippen molar-refractivity contribution < 1.29 is 14.8 Å². The number of piperidine rings is 1. The highest BCUT2D eigenvalue weighted by molar-refractivity contribution is 5.90. The minimum absolute atomic E-state index is 0.0708. The molecular formula is C14H19N3O4. The number of anilines is 1. The topological polar surface area (TPSA) is 95.7 Å². The zero-order chi connectivity index (χ0) is 15.4. The van der Waals surface area contributed by atoms with Crippen LogP contribution in [0.3, 0.4) is 0 Å². The van der Waals surface area contributed by atoms with E-state index in [4.69, 9.17) is 0 Å². The zero-order valence-electron chi connectivity index (χ0n) is 11.9. The molecule has 1 aliphatic rings. The smallest absolute Gasteiger partial charge is 0.322 e. The number of aliphatic hydroxyl groups is 1. The third-order valence-electron chi connectivity index (χ3n) is 3.87. The van der Waals surface area contributed by atoms with E-state index in [9.17, 15) is 20.0 Å². The van der Waals surface area contributed by atoms with Crippen molar-refractivity contribution in [2.24, 2.45) is 5.92 Å². The van der Waals surface area contributed by atoms with Crippen molar-refractivity contribution >= 4 is 17.4 Å². The Bertz CT molecular complexity index is 535. The number of amides is 2. The molecule has 0 saturated carbocycles. The third-order valence-corrected chi connectivity index (χ3v) is 3.87. The van der Waals surface area contributed by atoms with Crippen LogP contribution in [-0.4, -0.2) is 40.2 Å². The van der Waals surface area contributed by atoms with E-state index in [2.05, 4.69) is 5.32 Å². The molecule has 114 valence electrons. The number of likely N-dealkylation sites (tertiary alicyclic amines) is 1. The average molecular weight is 293 g/mol. The number of carbonyl (C=O) groups excluding carboxylic acids is 1. The summed E-state index contributed by atoms with van der Waals surface area (Å²) in [6.45, 7) is 2.51. The van der Waals surface area contributed by atoms with E-state index >= 15 is 0 Å². The fraction of sp³-hybridized carbons (Fsp3) is 0.500. The Balaban J connectivity index is 2.10. The van der Waals surface area contributed by atoms with Gasteiger partial charge in [0.1, 0.15) is 0 Å². The van der Waals surface area contributed by atoms with Crippen LogP contribution in [0.1, 0.15) is 19.8 Å². The van der Waals surface area contributed by atoms with Gasteiger partial charge in [-0.1, -0.05) is 13.0 Å². The normalized spacial score (nSPS) is 21.9. The number of carbonyl (C=O) groups is 1. The number of urea groups is 1. The molecule has 0 bridgehead atoms. The summed E-state index contributed by atoms with van der Waals surface area (Å²) in [5.41, 5.74) is 0.308. The van der Waals surface area contributed by atoms with E-state index in [-0.39, 0.29) is 30.3 Å². The first-order chi connectivity index (χ1) is 10.0. The Labute approximate surface area is 122 Å². The third kappa shape index (κ3) is 3.49. The monoisotopic (exact) mass is 293 g/mol. The van der Waals surface area contributed by atoms with Gasteiger partial charge in [0, 0.05) is 24.4 Å². The number of nitro groups is 1. The number of hydrogen-bond donors (Lipinski definition) is 2. The maximum absolute atomic E-state index is 12.3. The van der Waals surface area contributed by atoms with Gasteiger partial charge in [0.2, 0.25) is 0 Å². The molecule has 1 aliphatic heterocycles. The largest absolute Gasteiger partial charge is 0.394 e. The van der Waals surface area contributed by atoms with Crippen LogP contribution in [-0.2, 0) is 0 Å². The number of nitrogens with one attached hydrogen (secondary N) is 1. The molecule has 1 aromatic carbocycles. The summed E-state index contributed by atoms with van der Waals surface area (Å²) in [4.78, 5) is 24.1. The van der Waals surface area contributed by atoms with E-state index < -0.39 is 4.92 Å². The molecule has 0 unspecified atom stereocenters. The molecule has 2 rings (SSSR count). The van der Waals surface area contributed by atoms with Crippen LogP contribution >= 0.6 is 0 Å². The molecule has 2 N–H and O–H groups in total. The standard InChI is InChI=1S/C14H19N3O4/c1-10-4-3-7-16(13(10)9-18)14(19)15-11-5-2-6-12(8-11)17(20)21/h2,5-6,8,10,13,18H,3-4,7,9H2,1H3,(H,15,19)/t10-,13-/m1/s1. The van der Waals surface area contributed by atoms with Gasteiger partial charge in [0.05, 0.1) is 17.6 Å². The molecule has 0 aliphatic carbocycles. The number of benzene rings is 1. The Morgan fingerprint density at radius 3 is 3.00 bits per heavy atom. The average Bonchev–Trinajstić information content (AvgIpc) is 2.47. The predicted molar refractivity (Wildman–Crippen MR) is 78.1 cm³/mol. The van der Waals surface area contributed by atoms with Crippen molar-refractivity contribution in [2.45, 2.75) is 25.8 Å². The lowest BCUT2D eigenvalue weighted by molar-refractivity contribution is -0.384. The minimum atomic E-state index is -0.505. The molecule has 2 atom stereocenters. The van der Waals surface area contributed by atoms with Gasteiger partial charge in [-0.05, 0) is 24.8 Å². The predicted octanol–water partition coefficient (Wildman–Crippen LogP) is 2.22. The highest BCUT2D eigenvalue weighted by Gasteiger charge is 2.31. The second kappa shape index (κ2) is 6.53. The van der Waals surface area contributed by atoms with Crippen molar-refractivity contribution in [3.8, 4) is 0 Å². The van der Waals surface area contributed by atoms with Gasteiger partial charge < -0.3 is 15.3 Å². The van der Waals surface area contributed by atoms with E-state index in [1.807, 2.05) is 6.92 Å². The van der Waals surface area contributed by atoms with Crippen molar-refractivity contribution in [1.82, 2.24) is 4.90 Å². The first kappa shape index (κ1) is 15.2. The van der Waals surface area contributed by atoms with Crippen molar-refractivity contribution in [2.75, 3.05) is 18.5 Å². The van der Waals surface area contributed by atoms with Crippen LogP contribution < -0.4 is 5.32 Å². The van der Waals surface area contributed by atoms with Crippen molar-refractivity contribution in [1.29, 1.82) is 0 Å². The summed E-state index contributed by atoms with van der Waals surface area (Å²) in [5, 5.41) is 22.8. The SMILES string of the molecule is C[C@@H]1CCCN(C(=O)Nc2cccc([N+](=O)[O-])c2)[C@@H]1CO. The Morgan fingerprint density at radius 1 is 1.57 bits per heavy atom. The molecule has 0 radical (unpaired) electrons. The molecule has 7 nitrogen and oxygen atoms in total. The first-order valence-electron chi connectivity index (χ1n) is 6.96. The second-order valence-corrected chi connectivity index (χ2v) is 5.30. The van der Waals surface area contributed by atoms with Crippen LogP contribution in [0.4, 0.5) is 16.2 Å². The maximum Gasteiger partial charge on any atom is 0.322 e. The molecule has 1 fully saturated rings. The zero-order valence-corrected chi connectivity index (χ0v) is 11.9. The number of nitro benzene ring substituents is 1. The summed E-state index contributed by atoms with van der Waals surface area (Å²) < 4.78 is 0. The summed E-state index contributed by atoms with van der Waals surface area (Å²) in [5.74, 6) is 0.236. The number of rotatable bonds is 3. The number of aliphatic hydroxyl groups excluding tert-OH is 1. The van der Waals surface area contributed by atoms with Gasteiger partial charge >= 0.3 is 6.03 Å². The Hall–Kier alpha value is -2.15. The van der Waals surface area contributed by atoms with Gasteiger partial charge in [0.25, 0.3) is 5.69 Å². The van der Waals surface area contributed by atoms with E-state index in [0.717, 1.165) is 12.8 Å². The summed E-state index contributed by atoms with van der Waals surface area (Å²) in [6.07, 6.45) is 1.87. The van der Waals surface area contributed by atoms with E-state index in [0.29, 0.717) is 12.2 Å². The number of nitrogens with zero attached hydrogens (tertiary/aromatic N) is 2. The molecule has 1 heterocycles. The van der Waals surface area contributed by atoms with E-state index in [1.54, 1.807) is 11.0 Å². The number of non-ortho nitro benzene ring substituents is 1. The lowest BCUT2D eigenvalue weighted by atomic mass is 9.91. The minimum Gasteiger partial charge on any atom is -0.394 e. The van der Waals surface area contributed by atoms with Gasteiger partial charge in [-0.15, -0.1) is 0 Å². The van der Waals surface area contributed by atoms with E-state index in [1.165, 1.54) is 18.2 Å². The van der Waals surface area contributed by atoms with Crippen LogP contribution in [0.25, 0.3) is 0 Å². The quantitative estimate of drug-likeness (QED) is 0.659. The maximum atomic E-state index is 12.3. The van der Waals surface area contributed by atoms with Crippen LogP contribution in [0.15, 0.2) is 24.3 Å². The van der Waals surface area contributed by atoms with Gasteiger partial charge in [-0.3, -0.25) is 10.1 Å². The molecule has 21 heavy (non-hydrogen) atoms. The molecule has 1 aromatic rings. The number of hydrogen-bond acceptors (Lipinski definition) is 4. The molecule has 2 amide bonds. The fourth-order valence-corrected chi connectivity index (χ4v) is 2.67. The molecular weight excluding hydrogens is 274 g/mol. The van der Waals surface area contributed by atoms with Crippen molar-refractivity contribution in [3.05, 3.63) is 34.4 Å². The second-order valence-electron chi connectivity index (χ2n) is 5.30. The highest BCUT2D eigenvalue weighted by Crippen LogP contribution is 2.24. The lowest BCUT2D eigenvalue weighted by Gasteiger charge is -2.38. The summed E-state index contributed by atoms with van der Waals surface area (Å²) in [6, 6.07) is 5.27. The molecule has 1 saturated heterocycles.